The van der Waals surface area contributed by atoms with Gasteiger partial charge in [-0.15, -0.1) is 0 Å². The van der Waals surface area contributed by atoms with E-state index in [0.29, 0.717) is 25.6 Å². The lowest BCUT2D eigenvalue weighted by Crippen LogP contribution is -2.35. The van der Waals surface area contributed by atoms with Crippen molar-refractivity contribution < 1.29 is 19.4 Å². The molecular weight excluding hydrogens is 234 g/mol. The third kappa shape index (κ3) is 2.66. The molecule has 1 amide bonds. The predicted octanol–water partition coefficient (Wildman–Crippen LogP) is 0.838. The second kappa shape index (κ2) is 5.26. The first-order chi connectivity index (χ1) is 8.54. The summed E-state index contributed by atoms with van der Waals surface area (Å²) in [7, 11) is 1.57. The fourth-order valence-corrected chi connectivity index (χ4v) is 2.91. The Morgan fingerprint density at radius 2 is 2.06 bits per heavy atom. The molecule has 0 aromatic heterocycles. The molecule has 1 N–H and O–H groups in total. The van der Waals surface area contributed by atoms with Crippen LogP contribution >= 0.6 is 0 Å². The van der Waals surface area contributed by atoms with Crippen LogP contribution in [0.1, 0.15) is 19.8 Å². The topological polar surface area (TPSA) is 66.8 Å². The average Bonchev–Trinajstić information content (AvgIpc) is 3.07. The smallest absolute Gasteiger partial charge is 0.308 e. The minimum Gasteiger partial charge on any atom is -0.481 e. The number of hydrogen-bond donors (Lipinski definition) is 1. The lowest BCUT2D eigenvalue weighted by atomic mass is 9.92. The predicted molar refractivity (Wildman–Crippen MR) is 65.0 cm³/mol. The van der Waals surface area contributed by atoms with Crippen LogP contribution in [0.3, 0.4) is 0 Å². The van der Waals surface area contributed by atoms with Crippen molar-refractivity contribution in [2.75, 3.05) is 26.8 Å². The van der Waals surface area contributed by atoms with E-state index in [9.17, 15) is 14.7 Å². The van der Waals surface area contributed by atoms with E-state index in [1.165, 1.54) is 0 Å². The molecule has 1 aliphatic heterocycles. The van der Waals surface area contributed by atoms with Crippen LogP contribution in [0.25, 0.3) is 0 Å². The number of hydrogen-bond acceptors (Lipinski definition) is 3. The number of amides is 1. The fraction of sp³-hybridized carbons (Fsp3) is 0.846. The van der Waals surface area contributed by atoms with Crippen molar-refractivity contribution in [2.24, 2.45) is 23.7 Å². The maximum atomic E-state index is 12.1. The van der Waals surface area contributed by atoms with Gasteiger partial charge < -0.3 is 14.7 Å². The molecule has 0 aromatic rings. The Morgan fingerprint density at radius 1 is 1.39 bits per heavy atom. The number of rotatable bonds is 5. The van der Waals surface area contributed by atoms with Gasteiger partial charge in [0.15, 0.2) is 0 Å². The molecule has 5 nitrogen and oxygen atoms in total. The first-order valence-electron chi connectivity index (χ1n) is 6.55. The first-order valence-corrected chi connectivity index (χ1v) is 6.55. The van der Waals surface area contributed by atoms with Crippen molar-refractivity contribution in [3.05, 3.63) is 0 Å². The van der Waals surface area contributed by atoms with Gasteiger partial charge in [-0.05, 0) is 24.7 Å². The molecule has 18 heavy (non-hydrogen) atoms. The molecule has 2 rings (SSSR count). The number of carbonyl (C=O) groups excluding carboxylic acids is 1. The van der Waals surface area contributed by atoms with E-state index in [1.807, 2.05) is 6.92 Å². The quantitative estimate of drug-likeness (QED) is 0.790. The maximum absolute atomic E-state index is 12.1. The highest BCUT2D eigenvalue weighted by atomic mass is 16.5. The van der Waals surface area contributed by atoms with Crippen molar-refractivity contribution in [1.82, 2.24) is 4.90 Å². The Kier molecular flexibility index (Phi) is 3.90. The van der Waals surface area contributed by atoms with Gasteiger partial charge in [-0.3, -0.25) is 9.59 Å². The van der Waals surface area contributed by atoms with Gasteiger partial charge in [0.25, 0.3) is 0 Å². The summed E-state index contributed by atoms with van der Waals surface area (Å²) < 4.78 is 4.98. The highest BCUT2D eigenvalue weighted by Crippen LogP contribution is 2.44. The number of ether oxygens (including phenoxy) is 1. The molecule has 5 heteroatoms. The third-order valence-corrected chi connectivity index (χ3v) is 4.06. The Balaban J connectivity index is 1.99. The second-order valence-corrected chi connectivity index (χ2v) is 5.55. The van der Waals surface area contributed by atoms with Crippen molar-refractivity contribution in [3.63, 3.8) is 0 Å². The average molecular weight is 255 g/mol. The zero-order valence-electron chi connectivity index (χ0n) is 11.0. The van der Waals surface area contributed by atoms with Gasteiger partial charge in [0.2, 0.25) is 5.91 Å². The molecule has 0 radical (unpaired) electrons. The minimum absolute atomic E-state index is 0.0197. The highest BCUT2D eigenvalue weighted by molar-refractivity contribution is 5.80. The van der Waals surface area contributed by atoms with E-state index in [4.69, 9.17) is 4.74 Å². The van der Waals surface area contributed by atoms with Crippen LogP contribution in [-0.2, 0) is 14.3 Å². The molecule has 3 atom stereocenters. The lowest BCUT2D eigenvalue weighted by Gasteiger charge is -2.20. The van der Waals surface area contributed by atoms with E-state index >= 15 is 0 Å². The first kappa shape index (κ1) is 13.3. The van der Waals surface area contributed by atoms with Gasteiger partial charge in [-0.25, -0.2) is 0 Å². The molecule has 2 aliphatic rings. The van der Waals surface area contributed by atoms with Crippen LogP contribution in [0.4, 0.5) is 0 Å². The zero-order chi connectivity index (χ0) is 13.3. The summed E-state index contributed by atoms with van der Waals surface area (Å²) >= 11 is 0. The number of carboxylic acids is 1. The van der Waals surface area contributed by atoms with Crippen LogP contribution in [0.2, 0.25) is 0 Å². The molecule has 1 heterocycles. The van der Waals surface area contributed by atoms with Gasteiger partial charge in [-0.1, -0.05) is 6.92 Å². The molecule has 0 spiro atoms. The highest BCUT2D eigenvalue weighted by Gasteiger charge is 2.47. The minimum atomic E-state index is -0.762. The third-order valence-electron chi connectivity index (χ3n) is 4.06. The zero-order valence-corrected chi connectivity index (χ0v) is 11.0. The van der Waals surface area contributed by atoms with Gasteiger partial charge in [0.05, 0.1) is 18.4 Å². The second-order valence-electron chi connectivity index (χ2n) is 5.55. The van der Waals surface area contributed by atoms with E-state index in [2.05, 4.69) is 0 Å². The van der Waals surface area contributed by atoms with E-state index in [0.717, 1.165) is 12.8 Å². The summed E-state index contributed by atoms with van der Waals surface area (Å²) in [6.45, 7) is 3.19. The van der Waals surface area contributed by atoms with Crippen LogP contribution < -0.4 is 0 Å². The van der Waals surface area contributed by atoms with Crippen LogP contribution in [0.5, 0.6) is 0 Å². The summed E-state index contributed by atoms with van der Waals surface area (Å²) in [5, 5.41) is 9.24. The summed E-state index contributed by atoms with van der Waals surface area (Å²) in [6, 6.07) is 0. The van der Waals surface area contributed by atoms with E-state index in [1.54, 1.807) is 12.0 Å². The Bertz CT molecular complexity index is 340. The standard InChI is InChI=1S/C13H21NO4/c1-8(7-18-2)12(15)14-5-10(9-3-4-9)11(6-14)13(16)17/h8-11H,3-7H2,1-2H3,(H,16,17)/t8?,10-,11+/m1/s1. The van der Waals surface area contributed by atoms with Crippen molar-refractivity contribution >= 4 is 11.9 Å². The van der Waals surface area contributed by atoms with Gasteiger partial charge in [0.1, 0.15) is 0 Å². The SMILES string of the molecule is COCC(C)C(=O)N1C[C@H](C(=O)O)[C@@H](C2CC2)C1. The van der Waals surface area contributed by atoms with Crippen molar-refractivity contribution in [3.8, 4) is 0 Å². The Labute approximate surface area is 107 Å². The number of likely N-dealkylation sites (tertiary alicyclic amines) is 1. The molecule has 102 valence electrons. The summed E-state index contributed by atoms with van der Waals surface area (Å²) in [4.78, 5) is 25.1. The molecule has 1 saturated heterocycles. The van der Waals surface area contributed by atoms with Gasteiger partial charge >= 0.3 is 5.97 Å². The normalized spacial score (nSPS) is 29.3. The molecule has 1 saturated carbocycles. The molecule has 1 unspecified atom stereocenters. The maximum Gasteiger partial charge on any atom is 0.308 e. The fourth-order valence-electron chi connectivity index (χ4n) is 2.91. The van der Waals surface area contributed by atoms with Gasteiger partial charge in [-0.2, -0.15) is 0 Å². The van der Waals surface area contributed by atoms with Crippen LogP contribution in [0.15, 0.2) is 0 Å². The number of carboxylic acid groups (broad SMARTS) is 1. The molecule has 0 aromatic carbocycles. The van der Waals surface area contributed by atoms with Crippen LogP contribution in [-0.4, -0.2) is 48.7 Å². The largest absolute Gasteiger partial charge is 0.481 e. The Hall–Kier alpha value is -1.10. The van der Waals surface area contributed by atoms with E-state index < -0.39 is 5.97 Å². The Morgan fingerprint density at radius 3 is 2.56 bits per heavy atom. The molecule has 2 fully saturated rings. The van der Waals surface area contributed by atoms with Gasteiger partial charge in [0, 0.05) is 20.2 Å². The molecular formula is C13H21NO4. The summed E-state index contributed by atoms with van der Waals surface area (Å²) in [6.07, 6.45) is 2.23. The van der Waals surface area contributed by atoms with Crippen molar-refractivity contribution in [1.29, 1.82) is 0 Å². The number of methoxy groups -OCH3 is 1. The molecule has 0 bridgehead atoms. The monoisotopic (exact) mass is 255 g/mol. The summed E-state index contributed by atoms with van der Waals surface area (Å²) in [5.41, 5.74) is 0. The van der Waals surface area contributed by atoms with Crippen molar-refractivity contribution in [2.45, 2.75) is 19.8 Å². The van der Waals surface area contributed by atoms with E-state index in [-0.39, 0.29) is 23.7 Å². The molecule has 1 aliphatic carbocycles. The number of carbonyl (C=O) groups is 2. The number of aliphatic carboxylic acids is 1. The van der Waals surface area contributed by atoms with Crippen LogP contribution in [0, 0.1) is 23.7 Å². The lowest BCUT2D eigenvalue weighted by molar-refractivity contribution is -0.143. The summed E-state index contributed by atoms with van der Waals surface area (Å²) in [5.74, 6) is -0.644. The number of nitrogens with zero attached hydrogens (tertiary/aromatic N) is 1.